The number of amides is 1. The van der Waals surface area contributed by atoms with Gasteiger partial charge in [-0.15, -0.1) is 11.3 Å². The Labute approximate surface area is 149 Å². The molecule has 0 aliphatic rings. The summed E-state index contributed by atoms with van der Waals surface area (Å²) in [5.74, 6) is -0.468. The second-order valence-electron chi connectivity index (χ2n) is 5.67. The molecule has 3 aromatic rings. The van der Waals surface area contributed by atoms with Crippen LogP contribution in [-0.4, -0.2) is 10.9 Å². The first-order valence-corrected chi connectivity index (χ1v) is 8.65. The Hall–Kier alpha value is -2.79. The highest BCUT2D eigenvalue weighted by Crippen LogP contribution is 2.21. The van der Waals surface area contributed by atoms with Gasteiger partial charge in [0.05, 0.1) is 0 Å². The van der Waals surface area contributed by atoms with Crippen molar-refractivity contribution in [3.8, 4) is 0 Å². The molecule has 3 rings (SSSR count). The minimum absolute atomic E-state index is 0.219. The summed E-state index contributed by atoms with van der Waals surface area (Å²) in [5.41, 5.74) is 3.15. The zero-order chi connectivity index (χ0) is 17.6. The third-order valence-electron chi connectivity index (χ3n) is 3.58. The molecular formula is C20H17FN2OS. The highest BCUT2D eigenvalue weighted by atomic mass is 32.1. The van der Waals surface area contributed by atoms with Crippen molar-refractivity contribution in [2.75, 3.05) is 5.32 Å². The van der Waals surface area contributed by atoms with Gasteiger partial charge in [-0.1, -0.05) is 42.0 Å². The van der Waals surface area contributed by atoms with Gasteiger partial charge in [0.25, 0.3) is 0 Å². The molecule has 0 fully saturated rings. The number of carbonyl (C=O) groups is 1. The standard InChI is InChI=1S/C20H17FN2OS/c1-14-2-4-15(5-3-14)8-11-19(24)23-20-22-13-18(25-20)12-16-6-9-17(21)10-7-16/h2-11,13H,12H2,1H3,(H,22,23,24)/b11-8-. The van der Waals surface area contributed by atoms with Crippen LogP contribution in [0.1, 0.15) is 21.6 Å². The second kappa shape index (κ2) is 7.85. The molecule has 0 spiro atoms. The quantitative estimate of drug-likeness (QED) is 0.668. The zero-order valence-corrected chi connectivity index (χ0v) is 14.5. The first-order chi connectivity index (χ1) is 12.1. The van der Waals surface area contributed by atoms with Crippen LogP contribution in [-0.2, 0) is 11.2 Å². The SMILES string of the molecule is Cc1ccc(/C=C\C(=O)Nc2ncc(Cc3ccc(F)cc3)s2)cc1. The van der Waals surface area contributed by atoms with Gasteiger partial charge in [0.15, 0.2) is 5.13 Å². The maximum absolute atomic E-state index is 12.9. The molecule has 1 amide bonds. The number of aryl methyl sites for hydroxylation is 1. The minimum atomic E-state index is -0.249. The van der Waals surface area contributed by atoms with E-state index in [0.29, 0.717) is 11.6 Å². The van der Waals surface area contributed by atoms with Crippen LogP contribution in [0.5, 0.6) is 0 Å². The van der Waals surface area contributed by atoms with Crippen LogP contribution in [0.4, 0.5) is 9.52 Å². The molecule has 0 radical (unpaired) electrons. The van der Waals surface area contributed by atoms with Crippen molar-refractivity contribution in [1.29, 1.82) is 0 Å². The lowest BCUT2D eigenvalue weighted by atomic mass is 10.1. The van der Waals surface area contributed by atoms with Gasteiger partial charge in [-0.2, -0.15) is 0 Å². The van der Waals surface area contributed by atoms with Gasteiger partial charge in [0.2, 0.25) is 5.91 Å². The number of hydrogen-bond donors (Lipinski definition) is 1. The number of anilines is 1. The third kappa shape index (κ3) is 5.09. The Bertz CT molecular complexity index is 883. The Morgan fingerprint density at radius 1 is 1.16 bits per heavy atom. The summed E-state index contributed by atoms with van der Waals surface area (Å²) in [6.07, 6.45) is 5.65. The van der Waals surface area contributed by atoms with Crippen molar-refractivity contribution < 1.29 is 9.18 Å². The van der Waals surface area contributed by atoms with Gasteiger partial charge >= 0.3 is 0 Å². The van der Waals surface area contributed by atoms with E-state index in [2.05, 4.69) is 10.3 Å². The highest BCUT2D eigenvalue weighted by Gasteiger charge is 2.05. The lowest BCUT2D eigenvalue weighted by Crippen LogP contribution is -2.07. The van der Waals surface area contributed by atoms with Crippen molar-refractivity contribution in [1.82, 2.24) is 4.98 Å². The van der Waals surface area contributed by atoms with Gasteiger partial charge in [-0.25, -0.2) is 9.37 Å². The molecule has 0 saturated carbocycles. The first kappa shape index (κ1) is 17.0. The number of nitrogens with one attached hydrogen (secondary N) is 1. The molecule has 1 heterocycles. The van der Waals surface area contributed by atoms with Crippen LogP contribution in [0, 0.1) is 12.7 Å². The van der Waals surface area contributed by atoms with E-state index in [1.54, 1.807) is 24.4 Å². The normalized spacial score (nSPS) is 11.0. The predicted molar refractivity (Wildman–Crippen MR) is 100 cm³/mol. The Morgan fingerprint density at radius 2 is 1.88 bits per heavy atom. The summed E-state index contributed by atoms with van der Waals surface area (Å²) in [6.45, 7) is 2.02. The molecule has 3 nitrogen and oxygen atoms in total. The minimum Gasteiger partial charge on any atom is -0.298 e. The average molecular weight is 352 g/mol. The van der Waals surface area contributed by atoms with E-state index in [-0.39, 0.29) is 11.7 Å². The Balaban J connectivity index is 1.57. The van der Waals surface area contributed by atoms with Crippen molar-refractivity contribution in [2.45, 2.75) is 13.3 Å². The maximum atomic E-state index is 12.9. The summed E-state index contributed by atoms with van der Waals surface area (Å²) in [5, 5.41) is 3.31. The molecular weight excluding hydrogens is 335 g/mol. The molecule has 0 bridgehead atoms. The van der Waals surface area contributed by atoms with E-state index >= 15 is 0 Å². The van der Waals surface area contributed by atoms with Crippen LogP contribution in [0.15, 0.2) is 60.8 Å². The first-order valence-electron chi connectivity index (χ1n) is 7.83. The van der Waals surface area contributed by atoms with Crippen LogP contribution in [0.3, 0.4) is 0 Å². The van der Waals surface area contributed by atoms with E-state index in [1.807, 2.05) is 31.2 Å². The maximum Gasteiger partial charge on any atom is 0.250 e. The molecule has 126 valence electrons. The lowest BCUT2D eigenvalue weighted by molar-refractivity contribution is -0.111. The molecule has 0 atom stereocenters. The molecule has 5 heteroatoms. The predicted octanol–water partition coefficient (Wildman–Crippen LogP) is 4.83. The van der Waals surface area contributed by atoms with Crippen molar-refractivity contribution in [2.24, 2.45) is 0 Å². The zero-order valence-electron chi connectivity index (χ0n) is 13.7. The smallest absolute Gasteiger partial charge is 0.250 e. The van der Waals surface area contributed by atoms with Crippen molar-refractivity contribution >= 4 is 28.5 Å². The third-order valence-corrected chi connectivity index (χ3v) is 4.49. The second-order valence-corrected chi connectivity index (χ2v) is 6.78. The average Bonchev–Trinajstić information content (AvgIpc) is 3.03. The number of carbonyl (C=O) groups excluding carboxylic acids is 1. The van der Waals surface area contributed by atoms with E-state index in [1.165, 1.54) is 35.1 Å². The number of nitrogens with zero attached hydrogens (tertiary/aromatic N) is 1. The topological polar surface area (TPSA) is 42.0 Å². The molecule has 0 unspecified atom stereocenters. The number of thiazole rings is 1. The number of aromatic nitrogens is 1. The molecule has 2 aromatic carbocycles. The van der Waals surface area contributed by atoms with Crippen LogP contribution in [0.2, 0.25) is 0 Å². The van der Waals surface area contributed by atoms with Crippen LogP contribution >= 0.6 is 11.3 Å². The van der Waals surface area contributed by atoms with E-state index in [0.717, 1.165) is 16.0 Å². The molecule has 0 aliphatic heterocycles. The number of benzene rings is 2. The van der Waals surface area contributed by atoms with Gasteiger partial charge < -0.3 is 0 Å². The summed E-state index contributed by atoms with van der Waals surface area (Å²) >= 11 is 1.41. The fourth-order valence-electron chi connectivity index (χ4n) is 2.25. The van der Waals surface area contributed by atoms with E-state index in [4.69, 9.17) is 0 Å². The molecule has 0 aliphatic carbocycles. The van der Waals surface area contributed by atoms with Crippen molar-refractivity contribution in [3.63, 3.8) is 0 Å². The van der Waals surface area contributed by atoms with Gasteiger partial charge in [-0.05, 0) is 36.3 Å². The number of rotatable bonds is 5. The monoisotopic (exact) mass is 352 g/mol. The fraction of sp³-hybridized carbons (Fsp3) is 0.100. The molecule has 25 heavy (non-hydrogen) atoms. The Kier molecular flexibility index (Phi) is 5.36. The van der Waals surface area contributed by atoms with E-state index in [9.17, 15) is 9.18 Å². The number of halogens is 1. The van der Waals surface area contributed by atoms with Crippen LogP contribution in [0.25, 0.3) is 6.08 Å². The molecule has 1 N–H and O–H groups in total. The van der Waals surface area contributed by atoms with Gasteiger partial charge in [-0.3, -0.25) is 10.1 Å². The summed E-state index contributed by atoms with van der Waals surface area (Å²) in [7, 11) is 0. The van der Waals surface area contributed by atoms with Gasteiger partial charge in [0, 0.05) is 23.6 Å². The Morgan fingerprint density at radius 3 is 2.60 bits per heavy atom. The summed E-state index contributed by atoms with van der Waals surface area (Å²) in [6, 6.07) is 14.3. The number of hydrogen-bond acceptors (Lipinski definition) is 3. The molecule has 1 aromatic heterocycles. The highest BCUT2D eigenvalue weighted by molar-refractivity contribution is 7.15. The summed E-state index contributed by atoms with van der Waals surface area (Å²) in [4.78, 5) is 17.2. The summed E-state index contributed by atoms with van der Waals surface area (Å²) < 4.78 is 12.9. The van der Waals surface area contributed by atoms with E-state index < -0.39 is 0 Å². The molecule has 0 saturated heterocycles. The largest absolute Gasteiger partial charge is 0.298 e. The van der Waals surface area contributed by atoms with Crippen molar-refractivity contribution in [3.05, 3.63) is 88.2 Å². The lowest BCUT2D eigenvalue weighted by Gasteiger charge is -1.98. The fourth-order valence-corrected chi connectivity index (χ4v) is 3.10. The van der Waals surface area contributed by atoms with Gasteiger partial charge in [0.1, 0.15) is 5.82 Å². The van der Waals surface area contributed by atoms with Crippen LogP contribution < -0.4 is 5.32 Å².